The molecule has 0 saturated heterocycles. The molecule has 1 aromatic carbocycles. The molecule has 8 heteroatoms. The maximum Gasteiger partial charge on any atom is 0.119 e. The molecule has 0 aliphatic carbocycles. The van der Waals surface area contributed by atoms with Gasteiger partial charge in [0.25, 0.3) is 0 Å². The third-order valence-corrected chi connectivity index (χ3v) is 7.15. The fourth-order valence-electron chi connectivity index (χ4n) is 5.17. The number of hydrogen-bond donors (Lipinski definition) is 1. The summed E-state index contributed by atoms with van der Waals surface area (Å²) in [5, 5.41) is 0. The molecule has 0 amide bonds. The van der Waals surface area contributed by atoms with Crippen LogP contribution in [0.5, 0.6) is 5.75 Å². The Morgan fingerprint density at radius 2 is 0.909 bits per heavy atom. The molecular formula is C36H41N7O. The van der Waals surface area contributed by atoms with E-state index in [4.69, 9.17) is 10.5 Å². The molecule has 4 aromatic heterocycles. The third-order valence-electron chi connectivity index (χ3n) is 7.15. The number of hydrogen-bond acceptors (Lipinski definition) is 8. The van der Waals surface area contributed by atoms with Crippen LogP contribution in [-0.2, 0) is 39.3 Å². The molecule has 8 nitrogen and oxygen atoms in total. The second-order valence-corrected chi connectivity index (χ2v) is 10.9. The largest absolute Gasteiger partial charge is 0.494 e. The van der Waals surface area contributed by atoms with Crippen LogP contribution in [-0.4, -0.2) is 42.9 Å². The van der Waals surface area contributed by atoms with Gasteiger partial charge in [0.1, 0.15) is 5.75 Å². The van der Waals surface area contributed by atoms with Crippen molar-refractivity contribution in [2.75, 3.05) is 13.2 Å². The highest BCUT2D eigenvalue weighted by Crippen LogP contribution is 2.23. The van der Waals surface area contributed by atoms with E-state index in [9.17, 15) is 0 Å². The molecule has 2 N–H and O–H groups in total. The first-order valence-corrected chi connectivity index (χ1v) is 15.2. The quantitative estimate of drug-likeness (QED) is 0.137. The first kappa shape index (κ1) is 30.9. The van der Waals surface area contributed by atoms with Gasteiger partial charge in [0.2, 0.25) is 0 Å². The second-order valence-electron chi connectivity index (χ2n) is 10.9. The Morgan fingerprint density at radius 1 is 0.500 bits per heavy atom. The van der Waals surface area contributed by atoms with Crippen LogP contribution in [0.4, 0.5) is 0 Å². The fourth-order valence-corrected chi connectivity index (χ4v) is 5.17. The highest BCUT2D eigenvalue weighted by molar-refractivity contribution is 5.35. The van der Waals surface area contributed by atoms with Gasteiger partial charge in [-0.1, -0.05) is 30.3 Å². The zero-order valence-electron chi connectivity index (χ0n) is 25.2. The van der Waals surface area contributed by atoms with Crippen molar-refractivity contribution >= 4 is 0 Å². The summed E-state index contributed by atoms with van der Waals surface area (Å²) < 4.78 is 6.28. The SMILES string of the molecule is NCCCCOc1cc(CN(Cc2ccccn2)Cc2ccccn2)cc(CN(Cc2ccccn2)Cc2ccccn2)c1. The van der Waals surface area contributed by atoms with Crippen LogP contribution in [0.1, 0.15) is 46.7 Å². The number of ether oxygens (including phenoxy) is 1. The van der Waals surface area contributed by atoms with Crippen LogP contribution < -0.4 is 10.5 Å². The van der Waals surface area contributed by atoms with Crippen LogP contribution in [0.25, 0.3) is 0 Å². The van der Waals surface area contributed by atoms with Crippen molar-refractivity contribution in [1.82, 2.24) is 29.7 Å². The molecule has 0 fully saturated rings. The Bertz CT molecular complexity index is 1320. The van der Waals surface area contributed by atoms with Gasteiger partial charge in [0.15, 0.2) is 0 Å². The number of nitrogens with two attached hydrogens (primary N) is 1. The van der Waals surface area contributed by atoms with Gasteiger partial charge in [0.05, 0.1) is 29.4 Å². The number of benzene rings is 1. The summed E-state index contributed by atoms with van der Waals surface area (Å²) in [6, 6.07) is 30.8. The van der Waals surface area contributed by atoms with Gasteiger partial charge in [-0.25, -0.2) is 0 Å². The van der Waals surface area contributed by atoms with Crippen molar-refractivity contribution < 1.29 is 4.74 Å². The Labute approximate surface area is 260 Å². The minimum absolute atomic E-state index is 0.636. The molecule has 0 saturated carbocycles. The molecule has 0 spiro atoms. The van der Waals surface area contributed by atoms with Gasteiger partial charge >= 0.3 is 0 Å². The molecular weight excluding hydrogens is 546 g/mol. The van der Waals surface area contributed by atoms with Crippen LogP contribution >= 0.6 is 0 Å². The minimum Gasteiger partial charge on any atom is -0.494 e. The van der Waals surface area contributed by atoms with Crippen molar-refractivity contribution in [3.63, 3.8) is 0 Å². The maximum atomic E-state index is 6.28. The van der Waals surface area contributed by atoms with E-state index in [-0.39, 0.29) is 0 Å². The molecule has 0 radical (unpaired) electrons. The lowest BCUT2D eigenvalue weighted by molar-refractivity contribution is 0.236. The van der Waals surface area contributed by atoms with E-state index < -0.39 is 0 Å². The van der Waals surface area contributed by atoms with Crippen molar-refractivity contribution in [3.8, 4) is 5.75 Å². The normalized spacial score (nSPS) is 11.2. The third kappa shape index (κ3) is 10.3. The highest BCUT2D eigenvalue weighted by Gasteiger charge is 2.15. The fraction of sp³-hybridized carbons (Fsp3) is 0.278. The lowest BCUT2D eigenvalue weighted by Crippen LogP contribution is -2.25. The van der Waals surface area contributed by atoms with E-state index in [1.165, 1.54) is 11.1 Å². The topological polar surface area (TPSA) is 93.3 Å². The summed E-state index contributed by atoms with van der Waals surface area (Å²) in [5.74, 6) is 0.876. The van der Waals surface area contributed by atoms with E-state index in [1.807, 2.05) is 73.3 Å². The Morgan fingerprint density at radius 3 is 1.25 bits per heavy atom. The Hall–Kier alpha value is -4.50. The van der Waals surface area contributed by atoms with Gasteiger partial charge in [-0.05, 0) is 91.2 Å². The lowest BCUT2D eigenvalue weighted by Gasteiger charge is -2.25. The molecule has 0 aliphatic heterocycles. The van der Waals surface area contributed by atoms with Gasteiger partial charge in [-0.15, -0.1) is 0 Å². The van der Waals surface area contributed by atoms with E-state index in [0.29, 0.717) is 39.3 Å². The van der Waals surface area contributed by atoms with Crippen LogP contribution in [0, 0.1) is 0 Å². The van der Waals surface area contributed by atoms with Gasteiger partial charge in [-0.3, -0.25) is 29.7 Å². The molecule has 0 aliphatic rings. The number of rotatable bonds is 17. The Balaban J connectivity index is 1.41. The van der Waals surface area contributed by atoms with Gasteiger partial charge in [-0.2, -0.15) is 0 Å². The van der Waals surface area contributed by atoms with Crippen LogP contribution in [0.3, 0.4) is 0 Å². The zero-order valence-corrected chi connectivity index (χ0v) is 25.2. The first-order chi connectivity index (χ1) is 21.7. The Kier molecular flexibility index (Phi) is 11.9. The lowest BCUT2D eigenvalue weighted by atomic mass is 10.1. The smallest absolute Gasteiger partial charge is 0.119 e. The maximum absolute atomic E-state index is 6.28. The summed E-state index contributed by atoms with van der Waals surface area (Å²) in [5.41, 5.74) is 12.2. The average Bonchev–Trinajstić information content (AvgIpc) is 3.05. The molecule has 0 atom stereocenters. The van der Waals surface area contributed by atoms with Crippen molar-refractivity contribution in [2.24, 2.45) is 5.73 Å². The van der Waals surface area contributed by atoms with E-state index in [1.54, 1.807) is 0 Å². The zero-order chi connectivity index (χ0) is 30.2. The second kappa shape index (κ2) is 17.0. The summed E-state index contributed by atoms with van der Waals surface area (Å²) in [4.78, 5) is 23.1. The molecule has 4 heterocycles. The van der Waals surface area contributed by atoms with Crippen LogP contribution in [0.2, 0.25) is 0 Å². The standard InChI is InChI=1S/C36H41N7O/c37-15-5-10-20-44-36-22-30(24-42(26-32-11-1-6-16-38-32)27-33-12-2-7-17-39-33)21-31(23-36)25-43(28-34-13-3-8-18-40-34)29-35-14-4-9-19-41-35/h1-4,6-9,11-14,16-19,21-23H,5,10,15,20,24-29,37H2. The predicted molar refractivity (Wildman–Crippen MR) is 173 cm³/mol. The van der Waals surface area contributed by atoms with Gasteiger partial charge in [0, 0.05) is 64.1 Å². The minimum atomic E-state index is 0.636. The van der Waals surface area contributed by atoms with Gasteiger partial charge < -0.3 is 10.5 Å². The number of nitrogens with zero attached hydrogens (tertiary/aromatic N) is 6. The summed E-state index contributed by atoms with van der Waals surface area (Å²) in [6.07, 6.45) is 9.25. The molecule has 0 bridgehead atoms. The van der Waals surface area contributed by atoms with E-state index in [2.05, 4.69) is 72.2 Å². The molecule has 44 heavy (non-hydrogen) atoms. The summed E-state index contributed by atoms with van der Waals surface area (Å²) in [6.45, 7) is 5.58. The van der Waals surface area contributed by atoms with E-state index in [0.717, 1.165) is 54.5 Å². The summed E-state index contributed by atoms with van der Waals surface area (Å²) in [7, 11) is 0. The first-order valence-electron chi connectivity index (χ1n) is 15.2. The molecule has 226 valence electrons. The predicted octanol–water partition coefficient (Wildman–Crippen LogP) is 5.79. The number of unbranched alkanes of at least 4 members (excludes halogenated alkanes) is 1. The van der Waals surface area contributed by atoms with E-state index >= 15 is 0 Å². The highest BCUT2D eigenvalue weighted by atomic mass is 16.5. The molecule has 0 unspecified atom stereocenters. The van der Waals surface area contributed by atoms with Crippen molar-refractivity contribution in [2.45, 2.75) is 52.1 Å². The van der Waals surface area contributed by atoms with Crippen molar-refractivity contribution in [3.05, 3.63) is 150 Å². The average molecular weight is 588 g/mol. The molecule has 5 aromatic rings. The number of pyridine rings is 4. The van der Waals surface area contributed by atoms with Crippen LogP contribution in [0.15, 0.2) is 116 Å². The monoisotopic (exact) mass is 587 g/mol. The number of aromatic nitrogens is 4. The van der Waals surface area contributed by atoms with Crippen molar-refractivity contribution in [1.29, 1.82) is 0 Å². The molecule has 5 rings (SSSR count). The summed E-state index contributed by atoms with van der Waals surface area (Å²) >= 11 is 0.